The summed E-state index contributed by atoms with van der Waals surface area (Å²) in [5, 5.41) is 15.0. The van der Waals surface area contributed by atoms with Gasteiger partial charge in [0.1, 0.15) is 11.5 Å². The van der Waals surface area contributed by atoms with Crippen molar-refractivity contribution in [1.82, 2.24) is 9.61 Å². The minimum Gasteiger partial charge on any atom is -0.507 e. The lowest BCUT2D eigenvalue weighted by Crippen LogP contribution is -2.14. The maximum absolute atomic E-state index is 12.2. The fourth-order valence-corrected chi connectivity index (χ4v) is 3.74. The number of methoxy groups -OCH3 is 1. The van der Waals surface area contributed by atoms with Crippen molar-refractivity contribution in [3.63, 3.8) is 0 Å². The Hall–Kier alpha value is -4.13. The Morgan fingerprint density at radius 3 is 2.69 bits per heavy atom. The third kappa shape index (κ3) is 2.48. The van der Waals surface area contributed by atoms with Gasteiger partial charge in [0.15, 0.2) is 0 Å². The number of primary amides is 1. The first-order valence-electron chi connectivity index (χ1n) is 8.94. The molecule has 0 saturated carbocycles. The summed E-state index contributed by atoms with van der Waals surface area (Å²) in [5.74, 6) is 0.0241. The maximum Gasteiger partial charge on any atom is 0.251 e. The van der Waals surface area contributed by atoms with Crippen LogP contribution in [0.1, 0.15) is 21.5 Å². The molecule has 2 aromatic carbocycles. The quantitative estimate of drug-likeness (QED) is 0.498. The van der Waals surface area contributed by atoms with Gasteiger partial charge in [0, 0.05) is 34.5 Å². The summed E-state index contributed by atoms with van der Waals surface area (Å²) in [5.41, 5.74) is 10.7. The normalized spacial score (nSPS) is 12.2. The minimum atomic E-state index is -0.562. The second-order valence-electron chi connectivity index (χ2n) is 6.68. The molecule has 7 heteroatoms. The molecule has 29 heavy (non-hydrogen) atoms. The smallest absolute Gasteiger partial charge is 0.251 e. The molecule has 142 valence electrons. The number of carbonyl (C=O) groups excluding carboxylic acids is 1. The van der Waals surface area contributed by atoms with Crippen LogP contribution in [-0.2, 0) is 0 Å². The molecule has 0 radical (unpaired) electrons. The van der Waals surface area contributed by atoms with Crippen LogP contribution in [0.3, 0.4) is 0 Å². The number of aliphatic imine (C=N–C) groups is 1. The Morgan fingerprint density at radius 2 is 1.93 bits per heavy atom. The molecule has 0 aliphatic carbocycles. The number of hydrogen-bond acceptors (Lipinski definition) is 5. The number of benzene rings is 2. The van der Waals surface area contributed by atoms with Crippen LogP contribution in [0, 0.1) is 0 Å². The van der Waals surface area contributed by atoms with E-state index in [0.29, 0.717) is 39.4 Å². The van der Waals surface area contributed by atoms with E-state index in [4.69, 9.17) is 15.5 Å². The number of phenolic OH excluding ortho intramolecular Hbond substituents is 1. The molecule has 0 bridgehead atoms. The Kier molecular flexibility index (Phi) is 3.64. The van der Waals surface area contributed by atoms with E-state index >= 15 is 0 Å². The van der Waals surface area contributed by atoms with Crippen LogP contribution in [0.25, 0.3) is 16.6 Å². The summed E-state index contributed by atoms with van der Waals surface area (Å²) in [7, 11) is 1.54. The van der Waals surface area contributed by atoms with E-state index in [-0.39, 0.29) is 5.75 Å². The first-order chi connectivity index (χ1) is 14.1. The van der Waals surface area contributed by atoms with Crippen molar-refractivity contribution >= 4 is 22.8 Å². The topological polar surface area (TPSA) is 102 Å². The highest BCUT2D eigenvalue weighted by Crippen LogP contribution is 2.41. The monoisotopic (exact) mass is 384 g/mol. The molecule has 0 fully saturated rings. The van der Waals surface area contributed by atoms with Gasteiger partial charge < -0.3 is 15.6 Å². The Bertz CT molecular complexity index is 1340. The standard InChI is InChI=1S/C22H16N4O3/c1-29-12-6-7-14(18(27)10-12)20-15-8-9-26-21(15)19(16(11-24-26)22(23)28)13-4-2-3-5-17(13)25-20/h2-11,27H,1H3,(H2,23,28). The molecule has 3 heterocycles. The number of aromatic hydroxyl groups is 1. The molecule has 0 saturated heterocycles. The number of rotatable bonds is 3. The van der Waals surface area contributed by atoms with Crippen LogP contribution < -0.4 is 10.5 Å². The molecule has 1 aliphatic rings. The second-order valence-corrected chi connectivity index (χ2v) is 6.68. The predicted molar refractivity (Wildman–Crippen MR) is 109 cm³/mol. The van der Waals surface area contributed by atoms with Crippen LogP contribution in [0.4, 0.5) is 5.69 Å². The number of nitrogens with two attached hydrogens (primary N) is 1. The van der Waals surface area contributed by atoms with Crippen LogP contribution in [0.2, 0.25) is 0 Å². The van der Waals surface area contributed by atoms with Gasteiger partial charge in [-0.1, -0.05) is 18.2 Å². The summed E-state index contributed by atoms with van der Waals surface area (Å²) in [4.78, 5) is 17.0. The van der Waals surface area contributed by atoms with Crippen LogP contribution in [0.15, 0.2) is 65.9 Å². The van der Waals surface area contributed by atoms with Gasteiger partial charge in [-0.2, -0.15) is 5.10 Å². The van der Waals surface area contributed by atoms with E-state index in [0.717, 1.165) is 11.1 Å². The van der Waals surface area contributed by atoms with Crippen LogP contribution in [-0.4, -0.2) is 33.4 Å². The van der Waals surface area contributed by atoms with Crippen molar-refractivity contribution in [2.24, 2.45) is 10.7 Å². The molecule has 7 nitrogen and oxygen atoms in total. The molecule has 0 atom stereocenters. The van der Waals surface area contributed by atoms with Crippen molar-refractivity contribution < 1.29 is 14.6 Å². The van der Waals surface area contributed by atoms with E-state index in [9.17, 15) is 9.90 Å². The number of para-hydroxylation sites is 1. The van der Waals surface area contributed by atoms with E-state index in [1.165, 1.54) is 6.20 Å². The van der Waals surface area contributed by atoms with E-state index < -0.39 is 5.91 Å². The minimum absolute atomic E-state index is 0.0439. The van der Waals surface area contributed by atoms with Crippen molar-refractivity contribution in [2.75, 3.05) is 7.11 Å². The van der Waals surface area contributed by atoms with Crippen molar-refractivity contribution in [1.29, 1.82) is 0 Å². The maximum atomic E-state index is 12.2. The molecule has 1 amide bonds. The van der Waals surface area contributed by atoms with Crippen molar-refractivity contribution in [2.45, 2.75) is 0 Å². The Labute approximate surface area is 165 Å². The summed E-state index contributed by atoms with van der Waals surface area (Å²) < 4.78 is 6.88. The molecule has 4 aromatic rings. The fourth-order valence-electron chi connectivity index (χ4n) is 3.74. The zero-order valence-electron chi connectivity index (χ0n) is 15.5. The number of aromatic nitrogens is 2. The lowest BCUT2D eigenvalue weighted by atomic mass is 9.96. The van der Waals surface area contributed by atoms with Gasteiger partial charge >= 0.3 is 0 Å². The zero-order chi connectivity index (χ0) is 20.1. The number of ether oxygens (including phenoxy) is 1. The highest BCUT2D eigenvalue weighted by atomic mass is 16.5. The summed E-state index contributed by atoms with van der Waals surface area (Å²) >= 11 is 0. The number of carbonyl (C=O) groups is 1. The lowest BCUT2D eigenvalue weighted by molar-refractivity contribution is 0.100. The summed E-state index contributed by atoms with van der Waals surface area (Å²) in [6.07, 6.45) is 3.27. The number of phenols is 1. The van der Waals surface area contributed by atoms with Gasteiger partial charge in [0.2, 0.25) is 0 Å². The average molecular weight is 384 g/mol. The largest absolute Gasteiger partial charge is 0.507 e. The third-order valence-corrected chi connectivity index (χ3v) is 5.07. The number of nitrogens with zero attached hydrogens (tertiary/aromatic N) is 3. The van der Waals surface area contributed by atoms with Crippen LogP contribution in [0.5, 0.6) is 11.5 Å². The first-order valence-corrected chi connectivity index (χ1v) is 8.94. The summed E-state index contributed by atoms with van der Waals surface area (Å²) in [6.45, 7) is 0. The zero-order valence-corrected chi connectivity index (χ0v) is 15.5. The molecule has 2 aromatic heterocycles. The van der Waals surface area contributed by atoms with E-state index in [1.807, 2.05) is 30.3 Å². The molecule has 0 spiro atoms. The van der Waals surface area contributed by atoms with Crippen molar-refractivity contribution in [3.05, 3.63) is 77.6 Å². The molecule has 1 aliphatic heterocycles. The van der Waals surface area contributed by atoms with Gasteiger partial charge in [-0.05, 0) is 24.3 Å². The number of amides is 1. The average Bonchev–Trinajstić information content (AvgIpc) is 3.09. The molecule has 3 N–H and O–H groups in total. The highest BCUT2D eigenvalue weighted by molar-refractivity contribution is 6.23. The van der Waals surface area contributed by atoms with Crippen LogP contribution >= 0.6 is 0 Å². The predicted octanol–water partition coefficient (Wildman–Crippen LogP) is 3.30. The van der Waals surface area contributed by atoms with Gasteiger partial charge in [-0.25, -0.2) is 9.51 Å². The van der Waals surface area contributed by atoms with Gasteiger partial charge in [0.25, 0.3) is 5.91 Å². The third-order valence-electron chi connectivity index (χ3n) is 5.07. The molecule has 5 rings (SSSR count). The summed E-state index contributed by atoms with van der Waals surface area (Å²) in [6, 6.07) is 14.5. The highest BCUT2D eigenvalue weighted by Gasteiger charge is 2.26. The number of fused-ring (bicyclic) bond motifs is 2. The fraction of sp³-hybridized carbons (Fsp3) is 0.0455. The van der Waals surface area contributed by atoms with Gasteiger partial charge in [0.05, 0.1) is 35.8 Å². The molecular formula is C22H16N4O3. The molecule has 0 unspecified atom stereocenters. The van der Waals surface area contributed by atoms with Gasteiger partial charge in [-0.3, -0.25) is 4.79 Å². The Morgan fingerprint density at radius 1 is 1.10 bits per heavy atom. The SMILES string of the molecule is COc1ccc(C2=Nc3ccccc3-c3c(C(N)=O)cnn4ccc2c34)c(O)c1. The first kappa shape index (κ1) is 17.0. The number of hydrogen-bond donors (Lipinski definition) is 2. The van der Waals surface area contributed by atoms with Gasteiger partial charge in [-0.15, -0.1) is 0 Å². The Balaban J connectivity index is 1.91. The van der Waals surface area contributed by atoms with Crippen molar-refractivity contribution in [3.8, 4) is 22.6 Å². The second kappa shape index (κ2) is 6.20. The lowest BCUT2D eigenvalue weighted by Gasteiger charge is -2.10. The van der Waals surface area contributed by atoms with E-state index in [2.05, 4.69) is 5.10 Å². The molecular weight excluding hydrogens is 368 g/mol. The van der Waals surface area contributed by atoms with E-state index in [1.54, 1.807) is 36.0 Å².